The van der Waals surface area contributed by atoms with Gasteiger partial charge in [-0.3, -0.25) is 0 Å². The average molecular weight is 238 g/mol. The zero-order valence-electron chi connectivity index (χ0n) is 10.1. The van der Waals surface area contributed by atoms with E-state index < -0.39 is 0 Å². The van der Waals surface area contributed by atoms with Crippen LogP contribution in [0.4, 0.5) is 5.69 Å². The van der Waals surface area contributed by atoms with Gasteiger partial charge in [-0.25, -0.2) is 0 Å². The van der Waals surface area contributed by atoms with Gasteiger partial charge in [0.05, 0.1) is 5.69 Å². The van der Waals surface area contributed by atoms with Crippen LogP contribution in [0, 0.1) is 0 Å². The molecule has 90 valence electrons. The molecule has 18 heavy (non-hydrogen) atoms. The number of fused-ring (bicyclic) bond motifs is 1. The van der Waals surface area contributed by atoms with E-state index in [9.17, 15) is 0 Å². The second-order valence-corrected chi connectivity index (χ2v) is 4.27. The van der Waals surface area contributed by atoms with Gasteiger partial charge in [-0.1, -0.05) is 36.4 Å². The van der Waals surface area contributed by atoms with E-state index in [1.54, 1.807) is 0 Å². The number of hydrogen-bond acceptors (Lipinski definition) is 3. The van der Waals surface area contributed by atoms with Crippen LogP contribution in [-0.4, -0.2) is 0 Å². The molecule has 0 saturated carbocycles. The minimum Gasteiger partial charge on any atom is -0.456 e. The zero-order chi connectivity index (χ0) is 12.5. The lowest BCUT2D eigenvalue weighted by Crippen LogP contribution is -2.18. The minimum absolute atomic E-state index is 0.563. The average Bonchev–Trinajstić information content (AvgIpc) is 2.41. The summed E-state index contributed by atoms with van der Waals surface area (Å²) in [6.45, 7) is 1.84. The van der Waals surface area contributed by atoms with Gasteiger partial charge in [0.1, 0.15) is 11.6 Å². The Balaban J connectivity index is 2.02. The molecule has 0 atom stereocenters. The van der Waals surface area contributed by atoms with E-state index in [-0.39, 0.29) is 0 Å². The van der Waals surface area contributed by atoms with Gasteiger partial charge in [0, 0.05) is 0 Å². The van der Waals surface area contributed by atoms with Gasteiger partial charge in [-0.05, 0) is 30.2 Å². The molecule has 0 unspecified atom stereocenters. The van der Waals surface area contributed by atoms with E-state index in [1.807, 2.05) is 43.3 Å². The number of hydrogen-bond donors (Lipinski definition) is 2. The van der Waals surface area contributed by atoms with Crippen LogP contribution in [0.5, 0.6) is 5.75 Å². The summed E-state index contributed by atoms with van der Waals surface area (Å²) in [7, 11) is 0. The number of ether oxygens (including phenoxy) is 1. The Morgan fingerprint density at radius 2 is 1.78 bits per heavy atom. The summed E-state index contributed by atoms with van der Waals surface area (Å²) < 4.78 is 5.63. The Labute approximate surface area is 106 Å². The molecule has 0 radical (unpaired) electrons. The van der Waals surface area contributed by atoms with Crippen molar-refractivity contribution in [3.63, 3.8) is 0 Å². The van der Waals surface area contributed by atoms with Crippen molar-refractivity contribution in [3.05, 3.63) is 60.1 Å². The normalized spacial score (nSPS) is 13.6. The van der Waals surface area contributed by atoms with Crippen LogP contribution in [0.15, 0.2) is 60.1 Å². The highest BCUT2D eigenvalue weighted by Crippen LogP contribution is 2.34. The number of nitrogens with one attached hydrogen (secondary N) is 1. The Hall–Kier alpha value is -2.42. The number of rotatable bonds is 1. The van der Waals surface area contributed by atoms with Crippen LogP contribution in [0.2, 0.25) is 0 Å². The molecule has 0 amide bonds. The Morgan fingerprint density at radius 3 is 2.56 bits per heavy atom. The summed E-state index contributed by atoms with van der Waals surface area (Å²) in [4.78, 5) is 0. The first-order chi connectivity index (χ1) is 8.74. The smallest absolute Gasteiger partial charge is 0.150 e. The van der Waals surface area contributed by atoms with Crippen molar-refractivity contribution in [2.45, 2.75) is 6.92 Å². The van der Waals surface area contributed by atoms with Crippen molar-refractivity contribution in [1.29, 1.82) is 0 Å². The highest BCUT2D eigenvalue weighted by Gasteiger charge is 2.14. The van der Waals surface area contributed by atoms with Crippen LogP contribution in [0.1, 0.15) is 6.92 Å². The summed E-state index contributed by atoms with van der Waals surface area (Å²) >= 11 is 0. The van der Waals surface area contributed by atoms with Crippen molar-refractivity contribution in [3.8, 4) is 16.9 Å². The largest absolute Gasteiger partial charge is 0.456 e. The lowest BCUT2D eigenvalue weighted by Gasteiger charge is -2.21. The fourth-order valence-electron chi connectivity index (χ4n) is 1.98. The standard InChI is InChI=1S/C15H14N2O/c1-10-15(16)17-13-9-12(7-8-14(13)18-10)11-5-3-2-4-6-11/h2-9,17H,16H2,1H3. The second kappa shape index (κ2) is 4.11. The molecular weight excluding hydrogens is 224 g/mol. The Kier molecular flexibility index (Phi) is 2.45. The van der Waals surface area contributed by atoms with E-state index >= 15 is 0 Å². The van der Waals surface area contributed by atoms with Crippen LogP contribution >= 0.6 is 0 Å². The van der Waals surface area contributed by atoms with Crippen molar-refractivity contribution in [2.24, 2.45) is 5.73 Å². The predicted octanol–water partition coefficient (Wildman–Crippen LogP) is 3.31. The number of anilines is 1. The minimum atomic E-state index is 0.563. The van der Waals surface area contributed by atoms with Gasteiger partial charge >= 0.3 is 0 Å². The predicted molar refractivity (Wildman–Crippen MR) is 73.0 cm³/mol. The quantitative estimate of drug-likeness (QED) is 0.801. The van der Waals surface area contributed by atoms with E-state index in [2.05, 4.69) is 17.4 Å². The Morgan fingerprint density at radius 1 is 1.00 bits per heavy atom. The third-order valence-corrected chi connectivity index (χ3v) is 3.00. The van der Waals surface area contributed by atoms with Crippen molar-refractivity contribution >= 4 is 5.69 Å². The highest BCUT2D eigenvalue weighted by molar-refractivity contribution is 5.73. The summed E-state index contributed by atoms with van der Waals surface area (Å²) in [5.74, 6) is 2.07. The monoisotopic (exact) mass is 238 g/mol. The first-order valence-corrected chi connectivity index (χ1v) is 5.85. The molecule has 0 saturated heterocycles. The van der Waals surface area contributed by atoms with Crippen LogP contribution in [-0.2, 0) is 0 Å². The number of benzene rings is 2. The van der Waals surface area contributed by atoms with Gasteiger partial charge < -0.3 is 15.8 Å². The van der Waals surface area contributed by atoms with Crippen LogP contribution in [0.3, 0.4) is 0 Å². The molecule has 0 aliphatic carbocycles. The lowest BCUT2D eigenvalue weighted by molar-refractivity contribution is 0.415. The topological polar surface area (TPSA) is 47.3 Å². The first kappa shape index (κ1) is 10.7. The van der Waals surface area contributed by atoms with Gasteiger partial charge in [0.2, 0.25) is 0 Å². The molecule has 3 nitrogen and oxygen atoms in total. The maximum Gasteiger partial charge on any atom is 0.150 e. The van der Waals surface area contributed by atoms with E-state index in [0.29, 0.717) is 11.6 Å². The molecule has 1 aliphatic heterocycles. The van der Waals surface area contributed by atoms with Gasteiger partial charge in [-0.15, -0.1) is 0 Å². The molecule has 0 spiro atoms. The van der Waals surface area contributed by atoms with E-state index in [4.69, 9.17) is 10.5 Å². The summed E-state index contributed by atoms with van der Waals surface area (Å²) in [5.41, 5.74) is 9.04. The lowest BCUT2D eigenvalue weighted by atomic mass is 10.0. The van der Waals surface area contributed by atoms with Gasteiger partial charge in [0.15, 0.2) is 5.75 Å². The third kappa shape index (κ3) is 1.80. The van der Waals surface area contributed by atoms with Crippen molar-refractivity contribution in [2.75, 3.05) is 5.32 Å². The summed E-state index contributed by atoms with van der Waals surface area (Å²) in [6, 6.07) is 16.3. The first-order valence-electron chi connectivity index (χ1n) is 5.85. The summed E-state index contributed by atoms with van der Waals surface area (Å²) in [6.07, 6.45) is 0. The van der Waals surface area contributed by atoms with Crippen LogP contribution in [0.25, 0.3) is 11.1 Å². The van der Waals surface area contributed by atoms with Gasteiger partial charge in [0.25, 0.3) is 0 Å². The fraction of sp³-hybridized carbons (Fsp3) is 0.0667. The van der Waals surface area contributed by atoms with E-state index in [0.717, 1.165) is 17.0 Å². The molecular formula is C15H14N2O. The number of nitrogens with two attached hydrogens (primary N) is 1. The zero-order valence-corrected chi connectivity index (χ0v) is 10.1. The summed E-state index contributed by atoms with van der Waals surface area (Å²) in [5, 5.41) is 3.15. The highest BCUT2D eigenvalue weighted by atomic mass is 16.5. The van der Waals surface area contributed by atoms with E-state index in [1.165, 1.54) is 5.56 Å². The van der Waals surface area contributed by atoms with Crippen molar-refractivity contribution in [1.82, 2.24) is 0 Å². The molecule has 0 bridgehead atoms. The molecule has 1 heterocycles. The van der Waals surface area contributed by atoms with Crippen molar-refractivity contribution < 1.29 is 4.74 Å². The maximum absolute atomic E-state index is 5.83. The molecule has 3 heteroatoms. The SMILES string of the molecule is CC1=C(N)Nc2cc(-c3ccccc3)ccc2O1. The number of allylic oxidation sites excluding steroid dienone is 1. The molecule has 0 fully saturated rings. The molecule has 2 aromatic rings. The Bertz CT molecular complexity index is 618. The third-order valence-electron chi connectivity index (χ3n) is 3.00. The molecule has 0 aromatic heterocycles. The van der Waals surface area contributed by atoms with Crippen LogP contribution < -0.4 is 15.8 Å². The molecule has 3 rings (SSSR count). The second-order valence-electron chi connectivity index (χ2n) is 4.27. The fourth-order valence-corrected chi connectivity index (χ4v) is 1.98. The molecule has 2 aromatic carbocycles. The van der Waals surface area contributed by atoms with Gasteiger partial charge in [-0.2, -0.15) is 0 Å². The molecule has 3 N–H and O–H groups in total. The molecule has 1 aliphatic rings. The maximum atomic E-state index is 5.83.